The Morgan fingerprint density at radius 1 is 1.10 bits per heavy atom. The van der Waals surface area contributed by atoms with Gasteiger partial charge in [0.25, 0.3) is 5.91 Å². The topological polar surface area (TPSA) is 55.6 Å². The highest BCUT2D eigenvalue weighted by molar-refractivity contribution is 7.80. The SMILES string of the molecule is NC(=S)c1ccc(OCC(=O)N2CCCCCCC2)cc1. The second-order valence-corrected chi connectivity index (χ2v) is 5.77. The molecule has 0 radical (unpaired) electrons. The molecule has 21 heavy (non-hydrogen) atoms. The summed E-state index contributed by atoms with van der Waals surface area (Å²) in [6, 6.07) is 7.18. The van der Waals surface area contributed by atoms with Crippen LogP contribution in [0.1, 0.15) is 37.7 Å². The smallest absolute Gasteiger partial charge is 0.260 e. The van der Waals surface area contributed by atoms with Crippen molar-refractivity contribution in [3.8, 4) is 5.75 Å². The first kappa shape index (κ1) is 15.8. The number of nitrogens with zero attached hydrogens (tertiary/aromatic N) is 1. The highest BCUT2D eigenvalue weighted by atomic mass is 32.1. The molecule has 2 N–H and O–H groups in total. The van der Waals surface area contributed by atoms with Crippen LogP contribution >= 0.6 is 12.2 Å². The molecule has 0 saturated carbocycles. The Kier molecular flexibility index (Phi) is 5.99. The second kappa shape index (κ2) is 7.98. The van der Waals surface area contributed by atoms with Gasteiger partial charge in [-0.2, -0.15) is 0 Å². The summed E-state index contributed by atoms with van der Waals surface area (Å²) in [5, 5.41) is 0. The van der Waals surface area contributed by atoms with E-state index in [0.717, 1.165) is 31.5 Å². The molecule has 0 aromatic heterocycles. The summed E-state index contributed by atoms with van der Waals surface area (Å²) < 4.78 is 5.55. The summed E-state index contributed by atoms with van der Waals surface area (Å²) in [6.07, 6.45) is 5.90. The molecule has 1 aliphatic heterocycles. The van der Waals surface area contributed by atoms with Crippen LogP contribution in [0.5, 0.6) is 5.75 Å². The van der Waals surface area contributed by atoms with Crippen LogP contribution in [0.25, 0.3) is 0 Å². The Labute approximate surface area is 131 Å². The van der Waals surface area contributed by atoms with Crippen molar-refractivity contribution < 1.29 is 9.53 Å². The zero-order chi connectivity index (χ0) is 15.1. The molecule has 1 amide bonds. The number of carbonyl (C=O) groups is 1. The van der Waals surface area contributed by atoms with Crippen LogP contribution in [0.4, 0.5) is 0 Å². The van der Waals surface area contributed by atoms with Crippen LogP contribution in [-0.2, 0) is 4.79 Å². The summed E-state index contributed by atoms with van der Waals surface area (Å²) in [5.41, 5.74) is 6.34. The Balaban J connectivity index is 1.83. The van der Waals surface area contributed by atoms with Crippen molar-refractivity contribution in [2.75, 3.05) is 19.7 Å². The average Bonchev–Trinajstić information content (AvgIpc) is 2.45. The van der Waals surface area contributed by atoms with Gasteiger partial charge in [-0.1, -0.05) is 31.5 Å². The van der Waals surface area contributed by atoms with E-state index in [1.807, 2.05) is 4.90 Å². The normalized spacial score (nSPS) is 15.9. The zero-order valence-corrected chi connectivity index (χ0v) is 13.0. The van der Waals surface area contributed by atoms with E-state index in [4.69, 9.17) is 22.7 Å². The minimum absolute atomic E-state index is 0.0651. The van der Waals surface area contributed by atoms with Crippen molar-refractivity contribution >= 4 is 23.1 Å². The summed E-state index contributed by atoms with van der Waals surface area (Å²) in [5.74, 6) is 0.728. The lowest BCUT2D eigenvalue weighted by Gasteiger charge is -2.24. The monoisotopic (exact) mass is 306 g/mol. The van der Waals surface area contributed by atoms with Gasteiger partial charge in [0.2, 0.25) is 0 Å². The molecule has 1 fully saturated rings. The number of benzene rings is 1. The number of thiocarbonyl (C=S) groups is 1. The van der Waals surface area contributed by atoms with E-state index in [9.17, 15) is 4.79 Å². The van der Waals surface area contributed by atoms with E-state index in [-0.39, 0.29) is 12.5 Å². The molecule has 1 heterocycles. The van der Waals surface area contributed by atoms with Crippen LogP contribution in [0.2, 0.25) is 0 Å². The number of hydrogen-bond donors (Lipinski definition) is 1. The molecular formula is C16H22N2O2S. The third-order valence-electron chi connectivity index (χ3n) is 3.71. The molecule has 5 heteroatoms. The summed E-state index contributed by atoms with van der Waals surface area (Å²) in [7, 11) is 0. The number of likely N-dealkylation sites (tertiary alicyclic amines) is 1. The van der Waals surface area contributed by atoms with Gasteiger partial charge in [-0.05, 0) is 37.1 Å². The predicted molar refractivity (Wildman–Crippen MR) is 87.5 cm³/mol. The first-order valence-corrected chi connectivity index (χ1v) is 7.88. The van der Waals surface area contributed by atoms with E-state index in [1.165, 1.54) is 19.3 Å². The first-order valence-electron chi connectivity index (χ1n) is 7.47. The molecule has 1 aromatic rings. The number of ether oxygens (including phenoxy) is 1. The maximum Gasteiger partial charge on any atom is 0.260 e. The van der Waals surface area contributed by atoms with Gasteiger partial charge >= 0.3 is 0 Å². The molecule has 0 spiro atoms. The van der Waals surface area contributed by atoms with Crippen LogP contribution in [0, 0.1) is 0 Å². The lowest BCUT2D eigenvalue weighted by molar-refractivity contribution is -0.133. The Morgan fingerprint density at radius 3 is 2.24 bits per heavy atom. The van der Waals surface area contributed by atoms with E-state index < -0.39 is 0 Å². The molecule has 1 saturated heterocycles. The molecule has 0 unspecified atom stereocenters. The molecule has 114 valence electrons. The summed E-state index contributed by atoms with van der Waals surface area (Å²) >= 11 is 4.90. The third kappa shape index (κ3) is 5.01. The van der Waals surface area contributed by atoms with Gasteiger partial charge in [0.15, 0.2) is 6.61 Å². The number of hydrogen-bond acceptors (Lipinski definition) is 3. The van der Waals surface area contributed by atoms with Crippen molar-refractivity contribution in [3.63, 3.8) is 0 Å². The molecule has 1 aliphatic rings. The fraction of sp³-hybridized carbons (Fsp3) is 0.500. The van der Waals surface area contributed by atoms with Crippen LogP contribution in [-0.4, -0.2) is 35.5 Å². The number of nitrogens with two attached hydrogens (primary N) is 1. The van der Waals surface area contributed by atoms with Gasteiger partial charge in [-0.3, -0.25) is 4.79 Å². The van der Waals surface area contributed by atoms with Gasteiger partial charge < -0.3 is 15.4 Å². The van der Waals surface area contributed by atoms with Crippen LogP contribution in [0.15, 0.2) is 24.3 Å². The molecular weight excluding hydrogens is 284 g/mol. The molecule has 0 aliphatic carbocycles. The molecule has 0 bridgehead atoms. The lowest BCUT2D eigenvalue weighted by atomic mass is 10.1. The van der Waals surface area contributed by atoms with Gasteiger partial charge in [-0.25, -0.2) is 0 Å². The lowest BCUT2D eigenvalue weighted by Crippen LogP contribution is -2.37. The molecule has 4 nitrogen and oxygen atoms in total. The Bertz CT molecular complexity index is 480. The summed E-state index contributed by atoms with van der Waals surface area (Å²) in [6.45, 7) is 1.79. The first-order chi connectivity index (χ1) is 10.2. The van der Waals surface area contributed by atoms with Crippen molar-refractivity contribution in [2.45, 2.75) is 32.1 Å². The predicted octanol–water partition coefficient (Wildman–Crippen LogP) is 2.49. The van der Waals surface area contributed by atoms with Crippen LogP contribution < -0.4 is 10.5 Å². The fourth-order valence-electron chi connectivity index (χ4n) is 2.45. The van der Waals surface area contributed by atoms with Gasteiger partial charge in [0, 0.05) is 18.7 Å². The van der Waals surface area contributed by atoms with E-state index in [2.05, 4.69) is 0 Å². The number of rotatable bonds is 4. The second-order valence-electron chi connectivity index (χ2n) is 5.33. The van der Waals surface area contributed by atoms with E-state index in [1.54, 1.807) is 24.3 Å². The quantitative estimate of drug-likeness (QED) is 0.868. The van der Waals surface area contributed by atoms with Crippen molar-refractivity contribution in [2.24, 2.45) is 5.73 Å². The minimum Gasteiger partial charge on any atom is -0.484 e. The number of carbonyl (C=O) groups excluding carboxylic acids is 1. The molecule has 2 rings (SSSR count). The molecule has 0 atom stereocenters. The largest absolute Gasteiger partial charge is 0.484 e. The van der Waals surface area contributed by atoms with E-state index in [0.29, 0.717) is 10.7 Å². The number of amides is 1. The maximum absolute atomic E-state index is 12.2. The Hall–Kier alpha value is -1.62. The minimum atomic E-state index is 0.0651. The fourth-order valence-corrected chi connectivity index (χ4v) is 2.58. The zero-order valence-electron chi connectivity index (χ0n) is 12.2. The standard InChI is InChI=1S/C16H22N2O2S/c17-16(21)13-6-8-14(9-7-13)20-12-15(19)18-10-4-2-1-3-5-11-18/h6-9H,1-5,10-12H2,(H2,17,21). The van der Waals surface area contributed by atoms with Gasteiger partial charge in [0.05, 0.1) is 0 Å². The maximum atomic E-state index is 12.2. The summed E-state index contributed by atoms with van der Waals surface area (Å²) in [4.78, 5) is 14.5. The van der Waals surface area contributed by atoms with Gasteiger partial charge in [-0.15, -0.1) is 0 Å². The van der Waals surface area contributed by atoms with Crippen molar-refractivity contribution in [1.82, 2.24) is 4.90 Å². The highest BCUT2D eigenvalue weighted by Gasteiger charge is 2.15. The van der Waals surface area contributed by atoms with Crippen LogP contribution in [0.3, 0.4) is 0 Å². The van der Waals surface area contributed by atoms with E-state index >= 15 is 0 Å². The van der Waals surface area contributed by atoms with Crippen molar-refractivity contribution in [1.29, 1.82) is 0 Å². The third-order valence-corrected chi connectivity index (χ3v) is 3.95. The van der Waals surface area contributed by atoms with Gasteiger partial charge in [0.1, 0.15) is 10.7 Å². The Morgan fingerprint density at radius 2 is 1.67 bits per heavy atom. The highest BCUT2D eigenvalue weighted by Crippen LogP contribution is 2.14. The van der Waals surface area contributed by atoms with Crippen molar-refractivity contribution in [3.05, 3.63) is 29.8 Å². The molecule has 1 aromatic carbocycles. The average molecular weight is 306 g/mol.